The third-order valence-electron chi connectivity index (χ3n) is 7.02. The van der Waals surface area contributed by atoms with Gasteiger partial charge in [-0.1, -0.05) is 64.7 Å². The lowest BCUT2D eigenvalue weighted by Crippen LogP contribution is -2.17. The molecule has 1 aliphatic carbocycles. The number of benzene rings is 2. The maximum absolute atomic E-state index is 13.0. The SMILES string of the molecule is CC(C)(C)c1ccc(Oc2ccc3cc(C(=O)[N]Cc4ccc(Br)s4)nc(CC4CCCC4)c3c2)cc1. The Morgan fingerprint density at radius 1 is 1.03 bits per heavy atom. The van der Waals surface area contributed by atoms with E-state index in [1.54, 1.807) is 11.3 Å². The molecule has 0 spiro atoms. The van der Waals surface area contributed by atoms with Crippen LogP contribution in [0.25, 0.3) is 10.8 Å². The molecule has 0 unspecified atom stereocenters. The van der Waals surface area contributed by atoms with Crippen LogP contribution < -0.4 is 10.1 Å². The molecule has 191 valence electrons. The molecule has 2 heterocycles. The number of hydrogen-bond acceptors (Lipinski definition) is 4. The highest BCUT2D eigenvalue weighted by Crippen LogP contribution is 2.33. The molecule has 2 aromatic carbocycles. The smallest absolute Gasteiger partial charge is 0.291 e. The normalized spacial score (nSPS) is 14.3. The first kappa shape index (κ1) is 25.9. The summed E-state index contributed by atoms with van der Waals surface area (Å²) < 4.78 is 7.27. The average molecular weight is 577 g/mol. The summed E-state index contributed by atoms with van der Waals surface area (Å²) in [5.41, 5.74) is 2.76. The first-order chi connectivity index (χ1) is 17.7. The molecule has 6 heteroatoms. The van der Waals surface area contributed by atoms with Crippen molar-refractivity contribution >= 4 is 43.9 Å². The Morgan fingerprint density at radius 3 is 2.43 bits per heavy atom. The van der Waals surface area contributed by atoms with E-state index in [1.165, 1.54) is 31.2 Å². The lowest BCUT2D eigenvalue weighted by molar-refractivity contribution is 0.0941. The van der Waals surface area contributed by atoms with E-state index >= 15 is 0 Å². The lowest BCUT2D eigenvalue weighted by atomic mass is 9.87. The van der Waals surface area contributed by atoms with E-state index in [4.69, 9.17) is 9.72 Å². The van der Waals surface area contributed by atoms with Crippen molar-refractivity contribution in [3.8, 4) is 11.5 Å². The molecule has 37 heavy (non-hydrogen) atoms. The van der Waals surface area contributed by atoms with Gasteiger partial charge in [0.2, 0.25) is 0 Å². The fraction of sp³-hybridized carbons (Fsp3) is 0.355. The van der Waals surface area contributed by atoms with Crippen LogP contribution in [0.1, 0.15) is 73.1 Å². The second-order valence-corrected chi connectivity index (χ2v) is 13.4. The third-order valence-corrected chi connectivity index (χ3v) is 8.63. The van der Waals surface area contributed by atoms with Crippen molar-refractivity contribution < 1.29 is 9.53 Å². The van der Waals surface area contributed by atoms with Gasteiger partial charge >= 0.3 is 0 Å². The monoisotopic (exact) mass is 575 g/mol. The van der Waals surface area contributed by atoms with Crippen molar-refractivity contribution in [2.45, 2.75) is 64.8 Å². The van der Waals surface area contributed by atoms with Crippen molar-refractivity contribution in [3.63, 3.8) is 0 Å². The maximum Gasteiger partial charge on any atom is 0.291 e. The van der Waals surface area contributed by atoms with Gasteiger partial charge in [0.05, 0.1) is 10.3 Å². The van der Waals surface area contributed by atoms with Gasteiger partial charge in [-0.05, 0) is 87.1 Å². The highest BCUT2D eigenvalue weighted by atomic mass is 79.9. The first-order valence-corrected chi connectivity index (χ1v) is 14.5. The van der Waals surface area contributed by atoms with E-state index < -0.39 is 0 Å². The summed E-state index contributed by atoms with van der Waals surface area (Å²) in [6.45, 7) is 6.99. The molecule has 0 saturated heterocycles. The number of carbonyl (C=O) groups excluding carboxylic acids is 1. The fourth-order valence-corrected chi connectivity index (χ4v) is 6.35. The van der Waals surface area contributed by atoms with Gasteiger partial charge in [0.1, 0.15) is 17.2 Å². The van der Waals surface area contributed by atoms with Crippen LogP contribution in [-0.4, -0.2) is 10.9 Å². The molecule has 1 radical (unpaired) electrons. The standard InChI is InChI=1S/C31H32BrN2O2S/c1-31(2,3)22-9-12-23(13-10-22)36-24-11-8-21-17-28(30(35)33-19-25-14-15-29(32)37-25)34-27(26(21)18-24)16-20-6-4-5-7-20/h8-15,17-18,20H,4-7,16,19H2,1-3H3. The number of pyridine rings is 1. The van der Waals surface area contributed by atoms with Gasteiger partial charge in [0.15, 0.2) is 0 Å². The molecule has 1 aliphatic rings. The Balaban J connectivity index is 1.41. The second kappa shape index (κ2) is 11.0. The van der Waals surface area contributed by atoms with Crippen LogP contribution in [0.2, 0.25) is 0 Å². The molecular formula is C31H32BrN2O2S. The molecule has 5 rings (SSSR count). The molecule has 0 N–H and O–H groups in total. The van der Waals surface area contributed by atoms with Crippen LogP contribution in [0.3, 0.4) is 0 Å². The van der Waals surface area contributed by atoms with Crippen molar-refractivity contribution in [2.75, 3.05) is 0 Å². The van der Waals surface area contributed by atoms with Crippen molar-refractivity contribution in [3.05, 3.63) is 86.3 Å². The highest BCUT2D eigenvalue weighted by molar-refractivity contribution is 9.11. The van der Waals surface area contributed by atoms with Gasteiger partial charge in [-0.25, -0.2) is 10.3 Å². The minimum Gasteiger partial charge on any atom is -0.457 e. The van der Waals surface area contributed by atoms with E-state index in [1.807, 2.05) is 42.5 Å². The summed E-state index contributed by atoms with van der Waals surface area (Å²) in [5.74, 6) is 1.93. The van der Waals surface area contributed by atoms with Crippen LogP contribution in [-0.2, 0) is 18.4 Å². The number of nitrogens with zero attached hydrogens (tertiary/aromatic N) is 2. The van der Waals surface area contributed by atoms with Crippen molar-refractivity contribution in [1.82, 2.24) is 10.3 Å². The highest BCUT2D eigenvalue weighted by Gasteiger charge is 2.20. The molecule has 0 atom stereocenters. The van der Waals surface area contributed by atoms with E-state index in [0.29, 0.717) is 18.2 Å². The summed E-state index contributed by atoms with van der Waals surface area (Å²) in [4.78, 5) is 18.9. The quantitative estimate of drug-likeness (QED) is 0.221. The molecule has 2 aromatic heterocycles. The van der Waals surface area contributed by atoms with E-state index in [2.05, 4.69) is 60.2 Å². The van der Waals surface area contributed by atoms with Gasteiger partial charge in [-0.2, -0.15) is 0 Å². The van der Waals surface area contributed by atoms with Crippen LogP contribution in [0.15, 0.2) is 64.5 Å². The summed E-state index contributed by atoms with van der Waals surface area (Å²) in [7, 11) is 0. The molecule has 1 fully saturated rings. The van der Waals surface area contributed by atoms with Gasteiger partial charge in [0.25, 0.3) is 5.91 Å². The zero-order chi connectivity index (χ0) is 26.0. The molecule has 1 amide bonds. The largest absolute Gasteiger partial charge is 0.457 e. The zero-order valence-electron chi connectivity index (χ0n) is 21.6. The topological polar surface area (TPSA) is 53.3 Å². The Bertz CT molecular complexity index is 1400. The molecule has 4 aromatic rings. The van der Waals surface area contributed by atoms with Crippen molar-refractivity contribution in [1.29, 1.82) is 0 Å². The van der Waals surface area contributed by atoms with Gasteiger partial charge < -0.3 is 4.74 Å². The number of ether oxygens (including phenoxy) is 1. The van der Waals surface area contributed by atoms with E-state index in [0.717, 1.165) is 43.0 Å². The predicted molar refractivity (Wildman–Crippen MR) is 155 cm³/mol. The minimum atomic E-state index is -0.265. The number of thiophene rings is 1. The predicted octanol–water partition coefficient (Wildman–Crippen LogP) is 8.83. The first-order valence-electron chi connectivity index (χ1n) is 12.9. The number of aromatic nitrogens is 1. The van der Waals surface area contributed by atoms with Crippen molar-refractivity contribution in [2.24, 2.45) is 5.92 Å². The fourth-order valence-electron chi connectivity index (χ4n) is 4.94. The number of carbonyl (C=O) groups is 1. The summed E-state index contributed by atoms with van der Waals surface area (Å²) in [5, 5.41) is 6.37. The summed E-state index contributed by atoms with van der Waals surface area (Å²) in [6, 6.07) is 20.2. The van der Waals surface area contributed by atoms with Gasteiger partial charge in [-0.3, -0.25) is 4.79 Å². The Morgan fingerprint density at radius 2 is 1.76 bits per heavy atom. The number of amides is 1. The molecule has 4 nitrogen and oxygen atoms in total. The Labute approximate surface area is 231 Å². The maximum atomic E-state index is 13.0. The van der Waals surface area contributed by atoms with Crippen LogP contribution in [0.4, 0.5) is 0 Å². The van der Waals surface area contributed by atoms with Gasteiger partial charge in [-0.15, -0.1) is 11.3 Å². The van der Waals surface area contributed by atoms with E-state index in [-0.39, 0.29) is 11.3 Å². The Kier molecular flexibility index (Phi) is 7.68. The molecule has 0 aliphatic heterocycles. The van der Waals surface area contributed by atoms with Crippen LogP contribution in [0.5, 0.6) is 11.5 Å². The average Bonchev–Trinajstić information content (AvgIpc) is 3.54. The van der Waals surface area contributed by atoms with Gasteiger partial charge in [0, 0.05) is 16.0 Å². The second-order valence-electron chi connectivity index (χ2n) is 10.9. The number of halogens is 1. The third kappa shape index (κ3) is 6.42. The molecule has 0 bridgehead atoms. The zero-order valence-corrected chi connectivity index (χ0v) is 24.0. The van der Waals surface area contributed by atoms with E-state index in [9.17, 15) is 4.79 Å². The van der Waals surface area contributed by atoms with Crippen LogP contribution in [0, 0.1) is 5.92 Å². The number of rotatable bonds is 7. The Hall–Kier alpha value is -2.70. The minimum absolute atomic E-state index is 0.102. The lowest BCUT2D eigenvalue weighted by Gasteiger charge is -2.19. The van der Waals surface area contributed by atoms with Crippen LogP contribution >= 0.6 is 27.3 Å². The summed E-state index contributed by atoms with van der Waals surface area (Å²) >= 11 is 5.06. The summed E-state index contributed by atoms with van der Waals surface area (Å²) in [6.07, 6.45) is 5.85. The number of fused-ring (bicyclic) bond motifs is 1. The molecule has 1 saturated carbocycles. The molecular weight excluding hydrogens is 544 g/mol. The number of hydrogen-bond donors (Lipinski definition) is 0.